The number of hydrogen-bond acceptors (Lipinski definition) is 5. The van der Waals surface area contributed by atoms with Crippen LogP contribution in [-0.4, -0.2) is 37.3 Å². The SMILES string of the molecule is O=[N+]([O-])c1ccc(NCCCc2ccccc2)c(S(=O)(=O)N2CCCC2)c1. The summed E-state index contributed by atoms with van der Waals surface area (Å²) in [6, 6.07) is 14.0. The van der Waals surface area contributed by atoms with E-state index in [0.717, 1.165) is 31.7 Å². The lowest BCUT2D eigenvalue weighted by Gasteiger charge is -2.18. The summed E-state index contributed by atoms with van der Waals surface area (Å²) in [5.74, 6) is 0. The highest BCUT2D eigenvalue weighted by Gasteiger charge is 2.30. The van der Waals surface area contributed by atoms with Gasteiger partial charge in [-0.1, -0.05) is 30.3 Å². The third-order valence-corrected chi connectivity index (χ3v) is 6.60. The van der Waals surface area contributed by atoms with Crippen molar-refractivity contribution in [3.63, 3.8) is 0 Å². The van der Waals surface area contributed by atoms with Crippen LogP contribution in [0.1, 0.15) is 24.8 Å². The van der Waals surface area contributed by atoms with Gasteiger partial charge in [-0.2, -0.15) is 4.31 Å². The molecule has 1 fully saturated rings. The van der Waals surface area contributed by atoms with Gasteiger partial charge in [0.15, 0.2) is 0 Å². The molecule has 27 heavy (non-hydrogen) atoms. The summed E-state index contributed by atoms with van der Waals surface area (Å²) < 4.78 is 27.3. The summed E-state index contributed by atoms with van der Waals surface area (Å²) in [6.07, 6.45) is 3.32. The number of non-ortho nitro benzene ring substituents is 1. The second-order valence-electron chi connectivity index (χ2n) is 6.56. The second kappa shape index (κ2) is 8.49. The molecule has 0 atom stereocenters. The number of benzene rings is 2. The summed E-state index contributed by atoms with van der Waals surface area (Å²) in [6.45, 7) is 1.49. The van der Waals surface area contributed by atoms with Crippen LogP contribution in [0, 0.1) is 10.1 Å². The van der Waals surface area contributed by atoms with Gasteiger partial charge in [-0.15, -0.1) is 0 Å². The highest BCUT2D eigenvalue weighted by atomic mass is 32.2. The molecule has 1 N–H and O–H groups in total. The Bertz CT molecular complexity index is 894. The van der Waals surface area contributed by atoms with Gasteiger partial charge in [-0.3, -0.25) is 10.1 Å². The number of aryl methyl sites for hydroxylation is 1. The van der Waals surface area contributed by atoms with E-state index in [1.807, 2.05) is 18.2 Å². The summed E-state index contributed by atoms with van der Waals surface area (Å²) in [4.78, 5) is 10.5. The molecule has 2 aromatic rings. The highest BCUT2D eigenvalue weighted by Crippen LogP contribution is 2.30. The fourth-order valence-electron chi connectivity index (χ4n) is 3.21. The second-order valence-corrected chi connectivity index (χ2v) is 8.47. The van der Waals surface area contributed by atoms with Crippen LogP contribution < -0.4 is 5.32 Å². The van der Waals surface area contributed by atoms with Crippen molar-refractivity contribution >= 4 is 21.4 Å². The maximum absolute atomic E-state index is 12.9. The van der Waals surface area contributed by atoms with Gasteiger partial charge >= 0.3 is 0 Å². The third kappa shape index (κ3) is 4.64. The highest BCUT2D eigenvalue weighted by molar-refractivity contribution is 7.89. The third-order valence-electron chi connectivity index (χ3n) is 4.66. The standard InChI is InChI=1S/C19H23N3O4S/c23-22(24)17-10-11-18(20-12-6-9-16-7-2-1-3-8-16)19(15-17)27(25,26)21-13-4-5-14-21/h1-3,7-8,10-11,15,20H,4-6,9,12-14H2. The molecule has 1 heterocycles. The molecule has 8 heteroatoms. The summed E-state index contributed by atoms with van der Waals surface area (Å²) >= 11 is 0. The first-order valence-corrected chi connectivity index (χ1v) is 10.5. The summed E-state index contributed by atoms with van der Waals surface area (Å²) in [7, 11) is -3.75. The molecule has 1 saturated heterocycles. The minimum Gasteiger partial charge on any atom is -0.384 e. The molecular weight excluding hydrogens is 366 g/mol. The van der Waals surface area contributed by atoms with E-state index in [1.54, 1.807) is 0 Å². The van der Waals surface area contributed by atoms with Crippen molar-refractivity contribution in [2.75, 3.05) is 25.0 Å². The molecule has 0 aliphatic carbocycles. The van der Waals surface area contributed by atoms with Gasteiger partial charge in [0.2, 0.25) is 10.0 Å². The number of nitrogens with one attached hydrogen (secondary N) is 1. The number of hydrogen-bond donors (Lipinski definition) is 1. The van der Waals surface area contributed by atoms with Crippen molar-refractivity contribution in [3.05, 3.63) is 64.2 Å². The lowest BCUT2D eigenvalue weighted by atomic mass is 10.1. The van der Waals surface area contributed by atoms with E-state index in [1.165, 1.54) is 22.0 Å². The Balaban J connectivity index is 1.76. The first kappa shape index (κ1) is 19.3. The summed E-state index contributed by atoms with van der Waals surface area (Å²) in [5, 5.41) is 14.3. The van der Waals surface area contributed by atoms with E-state index in [9.17, 15) is 18.5 Å². The number of anilines is 1. The van der Waals surface area contributed by atoms with Crippen molar-refractivity contribution in [2.24, 2.45) is 0 Å². The zero-order chi connectivity index (χ0) is 19.3. The average molecular weight is 389 g/mol. The van der Waals surface area contributed by atoms with E-state index < -0.39 is 14.9 Å². The lowest BCUT2D eigenvalue weighted by molar-refractivity contribution is -0.385. The molecule has 2 aromatic carbocycles. The van der Waals surface area contributed by atoms with Crippen LogP contribution in [-0.2, 0) is 16.4 Å². The average Bonchev–Trinajstić information content (AvgIpc) is 3.21. The summed E-state index contributed by atoms with van der Waals surface area (Å²) in [5.41, 5.74) is 1.41. The number of nitro benzene ring substituents is 1. The van der Waals surface area contributed by atoms with Crippen LogP contribution in [0.4, 0.5) is 11.4 Å². The zero-order valence-corrected chi connectivity index (χ0v) is 15.8. The number of sulfonamides is 1. The quantitative estimate of drug-likeness (QED) is 0.424. The van der Waals surface area contributed by atoms with E-state index in [2.05, 4.69) is 17.4 Å². The van der Waals surface area contributed by atoms with E-state index >= 15 is 0 Å². The Kier molecular flexibility index (Phi) is 6.08. The van der Waals surface area contributed by atoms with Crippen LogP contribution in [0.2, 0.25) is 0 Å². The van der Waals surface area contributed by atoms with Gasteiger partial charge in [0.05, 0.1) is 10.6 Å². The molecule has 0 saturated carbocycles. The van der Waals surface area contributed by atoms with Gasteiger partial charge in [-0.05, 0) is 37.3 Å². The zero-order valence-electron chi connectivity index (χ0n) is 15.0. The maximum atomic E-state index is 12.9. The minimum atomic E-state index is -3.75. The number of rotatable bonds is 8. The first-order chi connectivity index (χ1) is 13.0. The minimum absolute atomic E-state index is 0.0155. The van der Waals surface area contributed by atoms with Crippen LogP contribution in [0.3, 0.4) is 0 Å². The van der Waals surface area contributed by atoms with Crippen LogP contribution in [0.25, 0.3) is 0 Å². The molecule has 1 aliphatic rings. The maximum Gasteiger partial charge on any atom is 0.270 e. The molecule has 0 bridgehead atoms. The van der Waals surface area contributed by atoms with Crippen molar-refractivity contribution in [1.29, 1.82) is 0 Å². The Morgan fingerprint density at radius 2 is 1.78 bits per heavy atom. The molecule has 144 valence electrons. The van der Waals surface area contributed by atoms with E-state index in [0.29, 0.717) is 25.3 Å². The van der Waals surface area contributed by atoms with Gasteiger partial charge in [0, 0.05) is 31.8 Å². The predicted octanol–water partition coefficient (Wildman–Crippen LogP) is 3.42. The molecule has 0 unspecified atom stereocenters. The molecule has 7 nitrogen and oxygen atoms in total. The van der Waals surface area contributed by atoms with Crippen molar-refractivity contribution < 1.29 is 13.3 Å². The molecule has 3 rings (SSSR count). The smallest absolute Gasteiger partial charge is 0.270 e. The van der Waals surface area contributed by atoms with Crippen LogP contribution in [0.5, 0.6) is 0 Å². The van der Waals surface area contributed by atoms with Gasteiger partial charge in [-0.25, -0.2) is 8.42 Å². The molecule has 0 amide bonds. The molecule has 0 aromatic heterocycles. The fraction of sp³-hybridized carbons (Fsp3) is 0.368. The predicted molar refractivity (Wildman–Crippen MR) is 104 cm³/mol. The first-order valence-electron chi connectivity index (χ1n) is 9.05. The molecule has 0 radical (unpaired) electrons. The van der Waals surface area contributed by atoms with Crippen LogP contribution in [0.15, 0.2) is 53.4 Å². The van der Waals surface area contributed by atoms with Gasteiger partial charge < -0.3 is 5.32 Å². The lowest BCUT2D eigenvalue weighted by Crippen LogP contribution is -2.28. The fourth-order valence-corrected chi connectivity index (χ4v) is 4.92. The largest absolute Gasteiger partial charge is 0.384 e. The Morgan fingerprint density at radius 1 is 1.07 bits per heavy atom. The Labute approximate surface area is 159 Å². The van der Waals surface area contributed by atoms with Crippen molar-refractivity contribution in [2.45, 2.75) is 30.6 Å². The Morgan fingerprint density at radius 3 is 2.44 bits per heavy atom. The van der Waals surface area contributed by atoms with E-state index in [4.69, 9.17) is 0 Å². The Hall–Kier alpha value is -2.45. The van der Waals surface area contributed by atoms with Crippen molar-refractivity contribution in [3.8, 4) is 0 Å². The van der Waals surface area contributed by atoms with Crippen molar-refractivity contribution in [1.82, 2.24) is 4.31 Å². The normalized spacial score (nSPS) is 15.0. The van der Waals surface area contributed by atoms with E-state index in [-0.39, 0.29) is 10.6 Å². The molecule has 1 aliphatic heterocycles. The topological polar surface area (TPSA) is 92.5 Å². The van der Waals surface area contributed by atoms with Gasteiger partial charge in [0.1, 0.15) is 4.90 Å². The molecular formula is C19H23N3O4S. The number of nitro groups is 1. The van der Waals surface area contributed by atoms with Crippen LogP contribution >= 0.6 is 0 Å². The monoisotopic (exact) mass is 389 g/mol. The van der Waals surface area contributed by atoms with Gasteiger partial charge in [0.25, 0.3) is 5.69 Å². The molecule has 0 spiro atoms. The number of nitrogens with zero attached hydrogens (tertiary/aromatic N) is 2.